The van der Waals surface area contributed by atoms with E-state index in [9.17, 15) is 0 Å². The van der Waals surface area contributed by atoms with Crippen LogP contribution in [0.5, 0.6) is 0 Å². The Hall–Kier alpha value is -0.670. The molecule has 0 fully saturated rings. The Morgan fingerprint density at radius 1 is 1.71 bits per heavy atom. The first-order chi connectivity index (χ1) is 6.76. The Balaban J connectivity index is 2.43. The highest BCUT2D eigenvalue weighted by Crippen LogP contribution is 2.11. The van der Waals surface area contributed by atoms with Crippen molar-refractivity contribution in [2.45, 2.75) is 32.7 Å². The molecule has 3 heteroatoms. The molecule has 0 aliphatic carbocycles. The van der Waals surface area contributed by atoms with Crippen molar-refractivity contribution in [3.63, 3.8) is 0 Å². The van der Waals surface area contributed by atoms with Crippen LogP contribution in [0.3, 0.4) is 0 Å². The summed E-state index contributed by atoms with van der Waals surface area (Å²) >= 11 is 1.73. The highest BCUT2D eigenvalue weighted by molar-refractivity contribution is 7.09. The van der Waals surface area contributed by atoms with Crippen molar-refractivity contribution in [1.29, 1.82) is 0 Å². The molecule has 0 aromatic carbocycles. The molecule has 14 heavy (non-hydrogen) atoms. The van der Waals surface area contributed by atoms with Crippen LogP contribution in [0.4, 0.5) is 0 Å². The lowest BCUT2D eigenvalue weighted by Gasteiger charge is -2.11. The van der Waals surface area contributed by atoms with Gasteiger partial charge in [0.2, 0.25) is 0 Å². The lowest BCUT2D eigenvalue weighted by atomic mass is 10.2. The van der Waals surface area contributed by atoms with Gasteiger partial charge < -0.3 is 5.32 Å². The smallest absolute Gasteiger partial charge is 0.0946 e. The monoisotopic (exact) mass is 210 g/mol. The Bertz CT molecular complexity index is 281. The summed E-state index contributed by atoms with van der Waals surface area (Å²) < 4.78 is 0. The molecule has 1 rings (SSSR count). The Kier molecular flexibility index (Phi) is 4.84. The first-order valence-corrected chi connectivity index (χ1v) is 5.91. The second-order valence-corrected chi connectivity index (χ2v) is 4.33. The van der Waals surface area contributed by atoms with Crippen molar-refractivity contribution in [1.82, 2.24) is 10.3 Å². The van der Waals surface area contributed by atoms with Crippen LogP contribution in [0, 0.1) is 6.92 Å². The third-order valence-corrected chi connectivity index (χ3v) is 2.99. The van der Waals surface area contributed by atoms with Crippen LogP contribution in [-0.2, 0) is 6.42 Å². The SMILES string of the molecule is C=CC(Cc1nc(C)cs1)NCCC. The number of aryl methyl sites for hydroxylation is 1. The lowest BCUT2D eigenvalue weighted by molar-refractivity contribution is 0.584. The van der Waals surface area contributed by atoms with Crippen LogP contribution in [0.15, 0.2) is 18.0 Å². The van der Waals surface area contributed by atoms with Gasteiger partial charge in [0.05, 0.1) is 5.01 Å². The number of rotatable bonds is 6. The average Bonchev–Trinajstić information content (AvgIpc) is 2.58. The van der Waals surface area contributed by atoms with E-state index in [1.54, 1.807) is 11.3 Å². The molecule has 1 N–H and O–H groups in total. The minimum Gasteiger partial charge on any atom is -0.310 e. The first kappa shape index (κ1) is 11.4. The molecular weight excluding hydrogens is 192 g/mol. The molecule has 1 aromatic heterocycles. The molecule has 1 atom stereocenters. The normalized spacial score (nSPS) is 12.7. The molecular formula is C11H18N2S. The van der Waals surface area contributed by atoms with Gasteiger partial charge >= 0.3 is 0 Å². The van der Waals surface area contributed by atoms with Crippen molar-refractivity contribution < 1.29 is 0 Å². The third-order valence-electron chi connectivity index (χ3n) is 2.00. The topological polar surface area (TPSA) is 24.9 Å². The highest BCUT2D eigenvalue weighted by Gasteiger charge is 2.06. The second-order valence-electron chi connectivity index (χ2n) is 3.38. The minimum atomic E-state index is 0.362. The number of nitrogens with zero attached hydrogens (tertiary/aromatic N) is 1. The molecule has 0 bridgehead atoms. The summed E-state index contributed by atoms with van der Waals surface area (Å²) in [5, 5.41) is 6.71. The summed E-state index contributed by atoms with van der Waals surface area (Å²) in [6, 6.07) is 0.362. The van der Waals surface area contributed by atoms with E-state index in [4.69, 9.17) is 0 Å². The van der Waals surface area contributed by atoms with Crippen LogP contribution in [0.1, 0.15) is 24.0 Å². The number of nitrogens with one attached hydrogen (secondary N) is 1. The predicted molar refractivity (Wildman–Crippen MR) is 62.8 cm³/mol. The van der Waals surface area contributed by atoms with E-state index in [-0.39, 0.29) is 0 Å². The summed E-state index contributed by atoms with van der Waals surface area (Å²) in [7, 11) is 0. The summed E-state index contributed by atoms with van der Waals surface area (Å²) in [6.07, 6.45) is 4.08. The molecule has 1 aromatic rings. The molecule has 2 nitrogen and oxygen atoms in total. The van der Waals surface area contributed by atoms with Crippen molar-refractivity contribution in [3.8, 4) is 0 Å². The van der Waals surface area contributed by atoms with Gasteiger partial charge in [-0.05, 0) is 19.9 Å². The number of aromatic nitrogens is 1. The Morgan fingerprint density at radius 3 is 3.00 bits per heavy atom. The molecule has 0 radical (unpaired) electrons. The van der Waals surface area contributed by atoms with E-state index < -0.39 is 0 Å². The van der Waals surface area contributed by atoms with Gasteiger partial charge in [0.1, 0.15) is 0 Å². The van der Waals surface area contributed by atoms with E-state index in [2.05, 4.69) is 29.2 Å². The summed E-state index contributed by atoms with van der Waals surface area (Å²) in [6.45, 7) is 9.07. The summed E-state index contributed by atoms with van der Waals surface area (Å²) in [5.41, 5.74) is 1.11. The molecule has 1 heterocycles. The van der Waals surface area contributed by atoms with E-state index >= 15 is 0 Å². The number of hydrogen-bond acceptors (Lipinski definition) is 3. The zero-order chi connectivity index (χ0) is 10.4. The summed E-state index contributed by atoms with van der Waals surface area (Å²) in [5.74, 6) is 0. The van der Waals surface area contributed by atoms with Gasteiger partial charge in [0.25, 0.3) is 0 Å². The number of thiazole rings is 1. The second kappa shape index (κ2) is 5.94. The van der Waals surface area contributed by atoms with Gasteiger partial charge in [-0.3, -0.25) is 0 Å². The van der Waals surface area contributed by atoms with Gasteiger partial charge in [-0.25, -0.2) is 4.98 Å². The van der Waals surface area contributed by atoms with Gasteiger partial charge in [0.15, 0.2) is 0 Å². The van der Waals surface area contributed by atoms with E-state index in [0.29, 0.717) is 6.04 Å². The zero-order valence-electron chi connectivity index (χ0n) is 8.92. The molecule has 0 spiro atoms. The molecule has 0 aliphatic rings. The maximum Gasteiger partial charge on any atom is 0.0946 e. The lowest BCUT2D eigenvalue weighted by Crippen LogP contribution is -2.29. The van der Waals surface area contributed by atoms with Crippen LogP contribution >= 0.6 is 11.3 Å². The fourth-order valence-corrected chi connectivity index (χ4v) is 2.08. The molecule has 78 valence electrons. The molecule has 0 aliphatic heterocycles. The van der Waals surface area contributed by atoms with Crippen LogP contribution < -0.4 is 5.32 Å². The van der Waals surface area contributed by atoms with Crippen LogP contribution in [-0.4, -0.2) is 17.6 Å². The third kappa shape index (κ3) is 3.60. The fraction of sp³-hybridized carbons (Fsp3) is 0.545. The number of hydrogen-bond donors (Lipinski definition) is 1. The van der Waals surface area contributed by atoms with E-state index in [0.717, 1.165) is 25.1 Å². The maximum absolute atomic E-state index is 4.44. The van der Waals surface area contributed by atoms with E-state index in [1.165, 1.54) is 5.01 Å². The van der Waals surface area contributed by atoms with E-state index in [1.807, 2.05) is 13.0 Å². The van der Waals surface area contributed by atoms with Gasteiger partial charge in [0, 0.05) is 23.5 Å². The van der Waals surface area contributed by atoms with Gasteiger partial charge in [-0.15, -0.1) is 17.9 Å². The van der Waals surface area contributed by atoms with Crippen molar-refractivity contribution in [2.24, 2.45) is 0 Å². The predicted octanol–water partition coefficient (Wildman–Crippen LogP) is 2.55. The quantitative estimate of drug-likeness (QED) is 0.730. The fourth-order valence-electron chi connectivity index (χ4n) is 1.25. The van der Waals surface area contributed by atoms with Crippen LogP contribution in [0.2, 0.25) is 0 Å². The van der Waals surface area contributed by atoms with Crippen LogP contribution in [0.25, 0.3) is 0 Å². The molecule has 0 saturated carbocycles. The van der Waals surface area contributed by atoms with Crippen molar-refractivity contribution in [3.05, 3.63) is 28.7 Å². The largest absolute Gasteiger partial charge is 0.310 e. The molecule has 0 amide bonds. The average molecular weight is 210 g/mol. The Labute approximate surface area is 90.1 Å². The minimum absolute atomic E-state index is 0.362. The van der Waals surface area contributed by atoms with Crippen molar-refractivity contribution in [2.75, 3.05) is 6.54 Å². The van der Waals surface area contributed by atoms with Gasteiger partial charge in [-0.2, -0.15) is 0 Å². The zero-order valence-corrected chi connectivity index (χ0v) is 9.73. The first-order valence-electron chi connectivity index (χ1n) is 5.03. The highest BCUT2D eigenvalue weighted by atomic mass is 32.1. The molecule has 1 unspecified atom stereocenters. The van der Waals surface area contributed by atoms with Crippen molar-refractivity contribution >= 4 is 11.3 Å². The summed E-state index contributed by atoms with van der Waals surface area (Å²) in [4.78, 5) is 4.44. The Morgan fingerprint density at radius 2 is 2.50 bits per heavy atom. The van der Waals surface area contributed by atoms with Gasteiger partial charge in [-0.1, -0.05) is 13.0 Å². The standard InChI is InChI=1S/C11H18N2S/c1-4-6-12-10(5-2)7-11-13-9(3)8-14-11/h5,8,10,12H,2,4,6-7H2,1,3H3. The molecule has 0 saturated heterocycles. The maximum atomic E-state index is 4.44.